The van der Waals surface area contributed by atoms with E-state index in [0.29, 0.717) is 30.2 Å². The topological polar surface area (TPSA) is 66.6 Å². The number of carbonyl (C=O) groups is 1. The normalized spacial score (nSPS) is 42.4. The summed E-state index contributed by atoms with van der Waals surface area (Å²) < 4.78 is 0. The van der Waals surface area contributed by atoms with Crippen LogP contribution >= 0.6 is 0 Å². The van der Waals surface area contributed by atoms with E-state index in [4.69, 9.17) is 5.73 Å². The molecule has 1 aliphatic heterocycles. The number of carbonyl (C=O) groups excluding carboxylic acids is 1. The molecule has 0 aromatic heterocycles. The molecule has 3 aliphatic rings. The van der Waals surface area contributed by atoms with E-state index in [1.165, 1.54) is 6.42 Å². The van der Waals surface area contributed by atoms with Crippen LogP contribution < -0.4 is 5.73 Å². The Morgan fingerprint density at radius 3 is 2.79 bits per heavy atom. The van der Waals surface area contributed by atoms with E-state index in [-0.39, 0.29) is 12.0 Å². The fourth-order valence-corrected chi connectivity index (χ4v) is 4.40. The van der Waals surface area contributed by atoms with Crippen molar-refractivity contribution in [3.8, 4) is 0 Å². The summed E-state index contributed by atoms with van der Waals surface area (Å²) in [5.74, 6) is 1.96. The number of hydrogen-bond acceptors (Lipinski definition) is 3. The Morgan fingerprint density at radius 2 is 2.05 bits per heavy atom. The lowest BCUT2D eigenvalue weighted by Gasteiger charge is -2.31. The Hall–Kier alpha value is -0.610. The highest BCUT2D eigenvalue weighted by atomic mass is 16.3. The maximum atomic E-state index is 12.6. The van der Waals surface area contributed by atoms with Crippen LogP contribution in [0.2, 0.25) is 0 Å². The van der Waals surface area contributed by atoms with E-state index in [1.807, 2.05) is 4.90 Å². The average molecular weight is 266 g/mol. The molecule has 4 nitrogen and oxygen atoms in total. The Labute approximate surface area is 115 Å². The second kappa shape index (κ2) is 5.41. The van der Waals surface area contributed by atoms with Crippen molar-refractivity contribution in [2.45, 2.75) is 44.6 Å². The molecule has 0 bridgehead atoms. The van der Waals surface area contributed by atoms with Crippen LogP contribution in [0.3, 0.4) is 0 Å². The molecular weight excluding hydrogens is 240 g/mol. The van der Waals surface area contributed by atoms with Gasteiger partial charge in [0, 0.05) is 24.9 Å². The summed E-state index contributed by atoms with van der Waals surface area (Å²) in [4.78, 5) is 14.6. The molecule has 3 rings (SSSR count). The van der Waals surface area contributed by atoms with Gasteiger partial charge in [0.2, 0.25) is 5.91 Å². The number of nitrogens with two attached hydrogens (primary N) is 1. The highest BCUT2D eigenvalue weighted by molar-refractivity contribution is 5.79. The molecule has 1 saturated heterocycles. The quantitative estimate of drug-likeness (QED) is 0.783. The second-order valence-corrected chi connectivity index (χ2v) is 6.78. The van der Waals surface area contributed by atoms with E-state index in [2.05, 4.69) is 0 Å². The minimum atomic E-state index is -0.175. The number of hydrogen-bond donors (Lipinski definition) is 2. The van der Waals surface area contributed by atoms with Crippen molar-refractivity contribution in [1.29, 1.82) is 0 Å². The van der Waals surface area contributed by atoms with Gasteiger partial charge < -0.3 is 15.7 Å². The minimum Gasteiger partial charge on any atom is -0.393 e. The zero-order valence-corrected chi connectivity index (χ0v) is 11.6. The van der Waals surface area contributed by atoms with Gasteiger partial charge in [-0.25, -0.2) is 0 Å². The zero-order chi connectivity index (χ0) is 13.4. The lowest BCUT2D eigenvalue weighted by Crippen LogP contribution is -2.38. The fourth-order valence-electron chi connectivity index (χ4n) is 4.40. The molecule has 0 aromatic rings. The molecule has 0 spiro atoms. The number of rotatable bonds is 2. The van der Waals surface area contributed by atoms with Crippen molar-refractivity contribution in [3.05, 3.63) is 0 Å². The number of amides is 1. The van der Waals surface area contributed by atoms with Gasteiger partial charge in [0.1, 0.15) is 0 Å². The smallest absolute Gasteiger partial charge is 0.225 e. The van der Waals surface area contributed by atoms with Gasteiger partial charge >= 0.3 is 0 Å². The van der Waals surface area contributed by atoms with Gasteiger partial charge in [0.15, 0.2) is 0 Å². The standard InChI is InChI=1S/C15H26N2O2/c16-7-10-2-1-3-11(6-10)15(19)17-8-12-4-5-14(18)13(12)9-17/h10-14,18H,1-9,16H2. The largest absolute Gasteiger partial charge is 0.393 e. The molecule has 19 heavy (non-hydrogen) atoms. The summed E-state index contributed by atoms with van der Waals surface area (Å²) in [5, 5.41) is 9.93. The van der Waals surface area contributed by atoms with Crippen LogP contribution in [-0.2, 0) is 4.79 Å². The first-order valence-corrected chi connectivity index (χ1v) is 7.86. The van der Waals surface area contributed by atoms with Gasteiger partial charge in [-0.05, 0) is 50.5 Å². The van der Waals surface area contributed by atoms with Gasteiger partial charge in [0.25, 0.3) is 0 Å². The van der Waals surface area contributed by atoms with Gasteiger partial charge in [-0.2, -0.15) is 0 Å². The van der Waals surface area contributed by atoms with E-state index < -0.39 is 0 Å². The minimum absolute atomic E-state index is 0.175. The van der Waals surface area contributed by atoms with E-state index in [9.17, 15) is 9.90 Å². The van der Waals surface area contributed by atoms with Crippen molar-refractivity contribution < 1.29 is 9.90 Å². The number of likely N-dealkylation sites (tertiary alicyclic amines) is 1. The number of nitrogens with zero attached hydrogens (tertiary/aromatic N) is 1. The lowest BCUT2D eigenvalue weighted by molar-refractivity contribution is -0.136. The number of aliphatic hydroxyl groups excluding tert-OH is 1. The maximum Gasteiger partial charge on any atom is 0.225 e. The van der Waals surface area contributed by atoms with Crippen LogP contribution in [0, 0.1) is 23.7 Å². The van der Waals surface area contributed by atoms with Gasteiger partial charge in [-0.15, -0.1) is 0 Å². The maximum absolute atomic E-state index is 12.6. The van der Waals surface area contributed by atoms with Crippen molar-refractivity contribution in [1.82, 2.24) is 4.90 Å². The zero-order valence-electron chi connectivity index (χ0n) is 11.6. The molecular formula is C15H26N2O2. The average Bonchev–Trinajstić information content (AvgIpc) is 3.01. The summed E-state index contributed by atoms with van der Waals surface area (Å²) in [6.45, 7) is 2.38. The Morgan fingerprint density at radius 1 is 1.21 bits per heavy atom. The van der Waals surface area contributed by atoms with Crippen molar-refractivity contribution in [2.75, 3.05) is 19.6 Å². The summed E-state index contributed by atoms with van der Waals surface area (Å²) in [7, 11) is 0. The molecule has 0 radical (unpaired) electrons. The first kappa shape index (κ1) is 13.4. The predicted octanol–water partition coefficient (Wildman–Crippen LogP) is 0.981. The SMILES string of the molecule is NCC1CCCC(C(=O)N2CC3CCC(O)C3C2)C1. The Bertz CT molecular complexity index is 347. The van der Waals surface area contributed by atoms with Crippen molar-refractivity contribution in [3.63, 3.8) is 0 Å². The third kappa shape index (κ3) is 2.52. The molecule has 1 amide bonds. The van der Waals surface area contributed by atoms with Gasteiger partial charge in [0.05, 0.1) is 6.10 Å². The van der Waals surface area contributed by atoms with E-state index in [1.54, 1.807) is 0 Å². The summed E-state index contributed by atoms with van der Waals surface area (Å²) >= 11 is 0. The summed E-state index contributed by atoms with van der Waals surface area (Å²) in [6, 6.07) is 0. The molecule has 5 atom stereocenters. The van der Waals surface area contributed by atoms with Crippen molar-refractivity contribution >= 4 is 5.91 Å². The number of aliphatic hydroxyl groups is 1. The van der Waals surface area contributed by atoms with Crippen LogP contribution in [0.25, 0.3) is 0 Å². The molecule has 2 aliphatic carbocycles. The Balaban J connectivity index is 1.59. The Kier molecular flexibility index (Phi) is 3.81. The molecule has 3 N–H and O–H groups in total. The molecule has 1 heterocycles. The monoisotopic (exact) mass is 266 g/mol. The molecule has 3 fully saturated rings. The van der Waals surface area contributed by atoms with Gasteiger partial charge in [-0.1, -0.05) is 6.42 Å². The fraction of sp³-hybridized carbons (Fsp3) is 0.933. The third-order valence-corrected chi connectivity index (χ3v) is 5.60. The summed E-state index contributed by atoms with van der Waals surface area (Å²) in [5.41, 5.74) is 5.75. The first-order chi connectivity index (χ1) is 9.19. The summed E-state index contributed by atoms with van der Waals surface area (Å²) in [6.07, 6.45) is 6.17. The van der Waals surface area contributed by atoms with Crippen LogP contribution in [0.5, 0.6) is 0 Å². The predicted molar refractivity (Wildman–Crippen MR) is 73.3 cm³/mol. The first-order valence-electron chi connectivity index (χ1n) is 7.86. The van der Waals surface area contributed by atoms with Crippen molar-refractivity contribution in [2.24, 2.45) is 29.4 Å². The highest BCUT2D eigenvalue weighted by Gasteiger charge is 2.44. The van der Waals surface area contributed by atoms with Crippen LogP contribution in [-0.4, -0.2) is 41.7 Å². The van der Waals surface area contributed by atoms with Gasteiger partial charge in [-0.3, -0.25) is 4.79 Å². The molecule has 0 aromatic carbocycles. The lowest BCUT2D eigenvalue weighted by atomic mass is 9.81. The number of fused-ring (bicyclic) bond motifs is 1. The molecule has 2 saturated carbocycles. The molecule has 108 valence electrons. The second-order valence-electron chi connectivity index (χ2n) is 6.78. The van der Waals surface area contributed by atoms with Crippen LogP contribution in [0.4, 0.5) is 0 Å². The van der Waals surface area contributed by atoms with Crippen LogP contribution in [0.15, 0.2) is 0 Å². The van der Waals surface area contributed by atoms with E-state index in [0.717, 1.165) is 45.2 Å². The third-order valence-electron chi connectivity index (χ3n) is 5.60. The molecule has 4 heteroatoms. The van der Waals surface area contributed by atoms with E-state index >= 15 is 0 Å². The highest BCUT2D eigenvalue weighted by Crippen LogP contribution is 2.39. The van der Waals surface area contributed by atoms with Crippen LogP contribution in [0.1, 0.15) is 38.5 Å². The molecule has 5 unspecified atom stereocenters.